The van der Waals surface area contributed by atoms with E-state index >= 15 is 0 Å². The van der Waals surface area contributed by atoms with Crippen LogP contribution in [0, 0.1) is 11.6 Å². The molecule has 0 bridgehead atoms. The average molecular weight is 251 g/mol. The Morgan fingerprint density at radius 2 is 2.11 bits per heavy atom. The number of halogens is 2. The maximum absolute atomic E-state index is 12.9. The van der Waals surface area contributed by atoms with Crippen molar-refractivity contribution >= 4 is 0 Å². The standard InChI is InChI=1S/C13H15F2N3/c1-18-7-6-17-13(18)4-5-16-9-10-2-3-11(14)12(15)8-10/h2-3,6-8,16H,4-5,9H2,1H3. The Morgan fingerprint density at radius 1 is 1.28 bits per heavy atom. The Kier molecular flexibility index (Phi) is 4.04. The van der Waals surface area contributed by atoms with Crippen molar-refractivity contribution in [2.45, 2.75) is 13.0 Å². The molecular formula is C13H15F2N3. The van der Waals surface area contributed by atoms with Crippen LogP contribution in [0.1, 0.15) is 11.4 Å². The summed E-state index contributed by atoms with van der Waals surface area (Å²) >= 11 is 0. The van der Waals surface area contributed by atoms with Crippen LogP contribution in [0.3, 0.4) is 0 Å². The van der Waals surface area contributed by atoms with Gasteiger partial charge in [-0.15, -0.1) is 0 Å². The van der Waals surface area contributed by atoms with Gasteiger partial charge >= 0.3 is 0 Å². The summed E-state index contributed by atoms with van der Waals surface area (Å²) in [5.41, 5.74) is 0.730. The molecule has 3 nitrogen and oxygen atoms in total. The van der Waals surface area contributed by atoms with E-state index in [1.165, 1.54) is 6.07 Å². The van der Waals surface area contributed by atoms with Crippen LogP contribution in [0.4, 0.5) is 8.78 Å². The summed E-state index contributed by atoms with van der Waals surface area (Å²) in [7, 11) is 1.94. The maximum atomic E-state index is 12.9. The molecule has 96 valence electrons. The Bertz CT molecular complexity index is 523. The van der Waals surface area contributed by atoms with E-state index in [4.69, 9.17) is 0 Å². The highest BCUT2D eigenvalue weighted by Gasteiger charge is 2.02. The second-order valence-corrected chi connectivity index (χ2v) is 4.13. The molecule has 0 atom stereocenters. The van der Waals surface area contributed by atoms with Crippen molar-refractivity contribution in [3.8, 4) is 0 Å². The van der Waals surface area contributed by atoms with Crippen LogP contribution in [0.25, 0.3) is 0 Å². The molecule has 0 saturated carbocycles. The fourth-order valence-corrected chi connectivity index (χ4v) is 1.72. The lowest BCUT2D eigenvalue weighted by Crippen LogP contribution is -2.18. The Balaban J connectivity index is 1.78. The molecule has 1 aromatic carbocycles. The molecule has 5 heteroatoms. The molecule has 1 heterocycles. The highest BCUT2D eigenvalue weighted by atomic mass is 19.2. The van der Waals surface area contributed by atoms with E-state index in [9.17, 15) is 8.78 Å². The Hall–Kier alpha value is -1.75. The van der Waals surface area contributed by atoms with E-state index in [2.05, 4.69) is 10.3 Å². The van der Waals surface area contributed by atoms with Crippen molar-refractivity contribution in [1.82, 2.24) is 14.9 Å². The minimum absolute atomic E-state index is 0.515. The molecule has 0 fully saturated rings. The lowest BCUT2D eigenvalue weighted by molar-refractivity contribution is 0.506. The van der Waals surface area contributed by atoms with E-state index in [0.29, 0.717) is 6.54 Å². The smallest absolute Gasteiger partial charge is 0.159 e. The molecule has 0 aliphatic carbocycles. The van der Waals surface area contributed by atoms with Gasteiger partial charge in [-0.3, -0.25) is 0 Å². The summed E-state index contributed by atoms with van der Waals surface area (Å²) < 4.78 is 27.6. The summed E-state index contributed by atoms with van der Waals surface area (Å²) in [5.74, 6) is -0.627. The predicted octanol–water partition coefficient (Wildman–Crippen LogP) is 2.03. The SMILES string of the molecule is Cn1ccnc1CCNCc1ccc(F)c(F)c1. The summed E-state index contributed by atoms with van der Waals surface area (Å²) in [4.78, 5) is 4.20. The molecule has 0 aliphatic rings. The largest absolute Gasteiger partial charge is 0.338 e. The van der Waals surface area contributed by atoms with Gasteiger partial charge in [0.05, 0.1) is 0 Å². The van der Waals surface area contributed by atoms with Crippen LogP contribution in [0.5, 0.6) is 0 Å². The van der Waals surface area contributed by atoms with E-state index in [1.807, 2.05) is 17.8 Å². The number of aromatic nitrogens is 2. The van der Waals surface area contributed by atoms with Crippen molar-refractivity contribution in [1.29, 1.82) is 0 Å². The van der Waals surface area contributed by atoms with Crippen LogP contribution in [0.15, 0.2) is 30.6 Å². The number of hydrogen-bond donors (Lipinski definition) is 1. The molecule has 0 radical (unpaired) electrons. The maximum Gasteiger partial charge on any atom is 0.159 e. The molecule has 18 heavy (non-hydrogen) atoms. The third kappa shape index (κ3) is 3.13. The molecule has 0 spiro atoms. The molecule has 0 aliphatic heterocycles. The molecule has 1 aromatic heterocycles. The third-order valence-electron chi connectivity index (χ3n) is 2.76. The third-order valence-corrected chi connectivity index (χ3v) is 2.76. The van der Waals surface area contributed by atoms with E-state index in [1.54, 1.807) is 12.3 Å². The molecular weight excluding hydrogens is 236 g/mol. The van der Waals surface area contributed by atoms with Gasteiger partial charge in [0, 0.05) is 39.0 Å². The first kappa shape index (κ1) is 12.7. The fourth-order valence-electron chi connectivity index (χ4n) is 1.72. The number of hydrogen-bond acceptors (Lipinski definition) is 2. The number of imidazole rings is 1. The zero-order valence-electron chi connectivity index (χ0n) is 10.2. The second-order valence-electron chi connectivity index (χ2n) is 4.13. The number of rotatable bonds is 5. The van der Waals surface area contributed by atoms with Gasteiger partial charge in [0.1, 0.15) is 5.82 Å². The topological polar surface area (TPSA) is 29.9 Å². The molecule has 0 amide bonds. The summed E-state index contributed by atoms with van der Waals surface area (Å²) in [5, 5.41) is 3.17. The molecule has 2 rings (SSSR count). The van der Waals surface area contributed by atoms with Gasteiger partial charge < -0.3 is 9.88 Å². The van der Waals surface area contributed by atoms with Crippen molar-refractivity contribution in [3.63, 3.8) is 0 Å². The first-order valence-electron chi connectivity index (χ1n) is 5.77. The van der Waals surface area contributed by atoms with Gasteiger partial charge in [0.2, 0.25) is 0 Å². The first-order valence-corrected chi connectivity index (χ1v) is 5.77. The van der Waals surface area contributed by atoms with E-state index in [-0.39, 0.29) is 0 Å². The quantitative estimate of drug-likeness (QED) is 0.824. The zero-order valence-corrected chi connectivity index (χ0v) is 10.2. The number of nitrogens with zero attached hydrogens (tertiary/aromatic N) is 2. The average Bonchev–Trinajstić information content (AvgIpc) is 2.75. The minimum Gasteiger partial charge on any atom is -0.338 e. The number of nitrogens with one attached hydrogen (secondary N) is 1. The monoisotopic (exact) mass is 251 g/mol. The highest BCUT2D eigenvalue weighted by molar-refractivity contribution is 5.17. The van der Waals surface area contributed by atoms with E-state index < -0.39 is 11.6 Å². The van der Waals surface area contributed by atoms with E-state index in [0.717, 1.165) is 30.4 Å². The van der Waals surface area contributed by atoms with Gasteiger partial charge in [0.15, 0.2) is 11.6 Å². The molecule has 0 unspecified atom stereocenters. The minimum atomic E-state index is -0.813. The molecule has 2 aromatic rings. The predicted molar refractivity (Wildman–Crippen MR) is 65.0 cm³/mol. The highest BCUT2D eigenvalue weighted by Crippen LogP contribution is 2.08. The van der Waals surface area contributed by atoms with Crippen LogP contribution < -0.4 is 5.32 Å². The van der Waals surface area contributed by atoms with Gasteiger partial charge in [-0.25, -0.2) is 13.8 Å². The lowest BCUT2D eigenvalue weighted by atomic mass is 10.2. The van der Waals surface area contributed by atoms with Gasteiger partial charge in [-0.1, -0.05) is 6.07 Å². The van der Waals surface area contributed by atoms with Crippen LogP contribution in [-0.2, 0) is 20.0 Å². The van der Waals surface area contributed by atoms with Crippen molar-refractivity contribution in [2.75, 3.05) is 6.54 Å². The van der Waals surface area contributed by atoms with Crippen molar-refractivity contribution in [2.24, 2.45) is 7.05 Å². The van der Waals surface area contributed by atoms with Crippen LogP contribution in [0.2, 0.25) is 0 Å². The summed E-state index contributed by atoms with van der Waals surface area (Å²) in [6, 6.07) is 3.93. The molecule has 0 saturated heterocycles. The van der Waals surface area contributed by atoms with Crippen molar-refractivity contribution < 1.29 is 8.78 Å². The summed E-state index contributed by atoms with van der Waals surface area (Å²) in [6.07, 6.45) is 4.45. The first-order chi connectivity index (χ1) is 8.66. The normalized spacial score (nSPS) is 10.8. The Morgan fingerprint density at radius 3 is 2.78 bits per heavy atom. The second kappa shape index (κ2) is 5.73. The lowest BCUT2D eigenvalue weighted by Gasteiger charge is -2.05. The number of benzene rings is 1. The van der Waals surface area contributed by atoms with Gasteiger partial charge in [-0.05, 0) is 17.7 Å². The van der Waals surface area contributed by atoms with Crippen LogP contribution in [-0.4, -0.2) is 16.1 Å². The Labute approximate surface area is 104 Å². The van der Waals surface area contributed by atoms with Crippen LogP contribution >= 0.6 is 0 Å². The fraction of sp³-hybridized carbons (Fsp3) is 0.308. The number of aryl methyl sites for hydroxylation is 1. The van der Waals surface area contributed by atoms with Gasteiger partial charge in [-0.2, -0.15) is 0 Å². The molecule has 1 N–H and O–H groups in total. The van der Waals surface area contributed by atoms with Crippen molar-refractivity contribution in [3.05, 3.63) is 53.6 Å². The van der Waals surface area contributed by atoms with Gasteiger partial charge in [0.25, 0.3) is 0 Å². The summed E-state index contributed by atoms with van der Waals surface area (Å²) in [6.45, 7) is 1.26. The zero-order chi connectivity index (χ0) is 13.0.